The van der Waals surface area contributed by atoms with Crippen molar-refractivity contribution >= 4 is 11.7 Å². The average Bonchev–Trinajstić information content (AvgIpc) is 2.48. The molecule has 0 saturated heterocycles. The molecule has 3 nitrogen and oxygen atoms in total. The predicted octanol–water partition coefficient (Wildman–Crippen LogP) is 4.68. The number of anilines is 1. The Kier molecular flexibility index (Phi) is 4.79. The van der Waals surface area contributed by atoms with Crippen LogP contribution in [0.15, 0.2) is 6.07 Å². The largest absolute Gasteiger partial charge is 0.465 e. The SMILES string of the molecule is COC(=O)c1cc(C(F)(F)F)c(C2CCC(F)(F)CC2)c(C)c1N. The standard InChI is InChI=1S/C16H18F5NO2/c1-8-12(9-3-5-15(17,18)6-4-9)11(16(19,20)21)7-10(13(8)22)14(23)24-2/h7,9H,3-6,22H2,1-2H3. The first-order valence-electron chi connectivity index (χ1n) is 7.44. The van der Waals surface area contributed by atoms with Gasteiger partial charge < -0.3 is 10.5 Å². The molecule has 1 fully saturated rings. The van der Waals surface area contributed by atoms with Crippen LogP contribution in [0.4, 0.5) is 27.6 Å². The molecule has 0 heterocycles. The van der Waals surface area contributed by atoms with E-state index in [-0.39, 0.29) is 35.2 Å². The summed E-state index contributed by atoms with van der Waals surface area (Å²) in [7, 11) is 1.04. The van der Waals surface area contributed by atoms with Crippen molar-refractivity contribution in [2.45, 2.75) is 50.6 Å². The van der Waals surface area contributed by atoms with Crippen molar-refractivity contribution in [1.29, 1.82) is 0 Å². The van der Waals surface area contributed by atoms with Gasteiger partial charge in [0.2, 0.25) is 5.92 Å². The highest BCUT2D eigenvalue weighted by Crippen LogP contribution is 2.47. The molecule has 0 unspecified atom stereocenters. The van der Waals surface area contributed by atoms with Crippen molar-refractivity contribution < 1.29 is 31.5 Å². The molecule has 0 radical (unpaired) electrons. The van der Waals surface area contributed by atoms with Gasteiger partial charge in [0.25, 0.3) is 0 Å². The molecule has 134 valence electrons. The monoisotopic (exact) mass is 351 g/mol. The van der Waals surface area contributed by atoms with Gasteiger partial charge in [-0.1, -0.05) is 0 Å². The van der Waals surface area contributed by atoms with Crippen LogP contribution in [0.5, 0.6) is 0 Å². The molecular weight excluding hydrogens is 333 g/mol. The molecule has 2 rings (SSSR count). The minimum absolute atomic E-state index is 0.0616. The molecule has 1 aromatic rings. The third kappa shape index (κ3) is 3.47. The molecular formula is C16H18F5NO2. The first-order valence-corrected chi connectivity index (χ1v) is 7.44. The summed E-state index contributed by atoms with van der Waals surface area (Å²) in [5.74, 6) is -4.49. The van der Waals surface area contributed by atoms with Crippen LogP contribution < -0.4 is 5.73 Å². The molecule has 0 aliphatic heterocycles. The summed E-state index contributed by atoms with van der Waals surface area (Å²) in [6.45, 7) is 1.37. The lowest BCUT2D eigenvalue weighted by atomic mass is 9.77. The predicted molar refractivity (Wildman–Crippen MR) is 78.1 cm³/mol. The number of ether oxygens (including phenoxy) is 1. The van der Waals surface area contributed by atoms with Crippen LogP contribution in [-0.2, 0) is 10.9 Å². The summed E-state index contributed by atoms with van der Waals surface area (Å²) in [4.78, 5) is 11.7. The van der Waals surface area contributed by atoms with Crippen molar-refractivity contribution in [2.24, 2.45) is 0 Å². The molecule has 0 aromatic heterocycles. The number of benzene rings is 1. The zero-order valence-electron chi connectivity index (χ0n) is 13.3. The number of carbonyl (C=O) groups is 1. The van der Waals surface area contributed by atoms with Crippen LogP contribution in [0.2, 0.25) is 0 Å². The van der Waals surface area contributed by atoms with Crippen molar-refractivity contribution in [1.82, 2.24) is 0 Å². The zero-order valence-corrected chi connectivity index (χ0v) is 13.3. The second kappa shape index (κ2) is 6.22. The van der Waals surface area contributed by atoms with Crippen LogP contribution in [0, 0.1) is 6.92 Å². The number of nitrogens with two attached hydrogens (primary N) is 1. The lowest BCUT2D eigenvalue weighted by Crippen LogP contribution is -2.26. The fraction of sp³-hybridized carbons (Fsp3) is 0.562. The van der Waals surface area contributed by atoms with Crippen molar-refractivity contribution in [3.05, 3.63) is 28.3 Å². The number of methoxy groups -OCH3 is 1. The van der Waals surface area contributed by atoms with Gasteiger partial charge in [0.1, 0.15) is 0 Å². The number of hydrogen-bond acceptors (Lipinski definition) is 3. The van der Waals surface area contributed by atoms with Gasteiger partial charge >= 0.3 is 12.1 Å². The van der Waals surface area contributed by atoms with E-state index in [2.05, 4.69) is 4.74 Å². The minimum atomic E-state index is -4.73. The van der Waals surface area contributed by atoms with Crippen LogP contribution in [0.3, 0.4) is 0 Å². The maximum atomic E-state index is 13.5. The number of rotatable bonds is 2. The molecule has 24 heavy (non-hydrogen) atoms. The van der Waals surface area contributed by atoms with Crippen LogP contribution in [-0.4, -0.2) is 19.0 Å². The highest BCUT2D eigenvalue weighted by molar-refractivity contribution is 5.96. The van der Waals surface area contributed by atoms with Gasteiger partial charge in [0.05, 0.1) is 18.2 Å². The smallest absolute Gasteiger partial charge is 0.416 e. The first-order chi connectivity index (χ1) is 11.0. The molecule has 0 atom stereocenters. The Labute approximate surface area is 136 Å². The topological polar surface area (TPSA) is 52.3 Å². The molecule has 0 bridgehead atoms. The lowest BCUT2D eigenvalue weighted by Gasteiger charge is -2.32. The highest BCUT2D eigenvalue weighted by Gasteiger charge is 2.42. The maximum Gasteiger partial charge on any atom is 0.416 e. The number of alkyl halides is 5. The van der Waals surface area contributed by atoms with Gasteiger partial charge in [0, 0.05) is 18.5 Å². The number of halogens is 5. The van der Waals surface area contributed by atoms with Gasteiger partial charge in [0.15, 0.2) is 0 Å². The average molecular weight is 351 g/mol. The second-order valence-corrected chi connectivity index (χ2v) is 6.04. The van der Waals surface area contributed by atoms with Crippen LogP contribution in [0.25, 0.3) is 0 Å². The van der Waals surface area contributed by atoms with Gasteiger partial charge in [-0.05, 0) is 42.9 Å². The van der Waals surface area contributed by atoms with E-state index in [1.54, 1.807) is 0 Å². The molecule has 1 aliphatic rings. The molecule has 1 aliphatic carbocycles. The summed E-state index contributed by atoms with van der Waals surface area (Å²) in [6.07, 6.45) is -5.78. The van der Waals surface area contributed by atoms with E-state index >= 15 is 0 Å². The summed E-state index contributed by atoms with van der Waals surface area (Å²) >= 11 is 0. The number of esters is 1. The van der Waals surface area contributed by atoms with Crippen LogP contribution in [0.1, 0.15) is 58.6 Å². The molecule has 1 saturated carbocycles. The number of hydrogen-bond donors (Lipinski definition) is 1. The van der Waals surface area contributed by atoms with E-state index < -0.39 is 42.4 Å². The summed E-state index contributed by atoms with van der Waals surface area (Å²) in [5, 5.41) is 0. The summed E-state index contributed by atoms with van der Waals surface area (Å²) in [6, 6.07) is 0.663. The minimum Gasteiger partial charge on any atom is -0.465 e. The Morgan fingerprint density at radius 2 is 1.83 bits per heavy atom. The van der Waals surface area contributed by atoms with E-state index in [9.17, 15) is 26.7 Å². The molecule has 0 amide bonds. The molecule has 1 aromatic carbocycles. The normalized spacial score (nSPS) is 18.5. The van der Waals surface area contributed by atoms with Gasteiger partial charge in [-0.3, -0.25) is 0 Å². The van der Waals surface area contributed by atoms with E-state index in [4.69, 9.17) is 5.73 Å². The maximum absolute atomic E-state index is 13.5. The first kappa shape index (κ1) is 18.5. The summed E-state index contributed by atoms with van der Waals surface area (Å²) in [5.41, 5.74) is 4.33. The fourth-order valence-corrected chi connectivity index (χ4v) is 3.22. The fourth-order valence-electron chi connectivity index (χ4n) is 3.22. The Balaban J connectivity index is 2.58. The Morgan fingerprint density at radius 3 is 2.29 bits per heavy atom. The number of carbonyl (C=O) groups excluding carboxylic acids is 1. The Bertz CT molecular complexity index is 645. The van der Waals surface area contributed by atoms with Crippen molar-refractivity contribution in [2.75, 3.05) is 12.8 Å². The highest BCUT2D eigenvalue weighted by atomic mass is 19.4. The Morgan fingerprint density at radius 1 is 1.29 bits per heavy atom. The van der Waals surface area contributed by atoms with E-state index in [1.807, 2.05) is 0 Å². The molecule has 2 N–H and O–H groups in total. The number of nitrogen functional groups attached to an aromatic ring is 1. The summed E-state index contributed by atoms with van der Waals surface area (Å²) < 4.78 is 71.5. The zero-order chi connectivity index (χ0) is 18.3. The van der Waals surface area contributed by atoms with Crippen molar-refractivity contribution in [3.63, 3.8) is 0 Å². The van der Waals surface area contributed by atoms with Gasteiger partial charge in [-0.15, -0.1) is 0 Å². The lowest BCUT2D eigenvalue weighted by molar-refractivity contribution is -0.138. The van der Waals surface area contributed by atoms with Gasteiger partial charge in [-0.2, -0.15) is 13.2 Å². The van der Waals surface area contributed by atoms with Crippen LogP contribution >= 0.6 is 0 Å². The third-order valence-electron chi connectivity index (χ3n) is 4.51. The van der Waals surface area contributed by atoms with E-state index in [0.717, 1.165) is 7.11 Å². The van der Waals surface area contributed by atoms with E-state index in [1.165, 1.54) is 6.92 Å². The molecule has 0 spiro atoms. The molecule has 8 heteroatoms. The Hall–Kier alpha value is -1.86. The van der Waals surface area contributed by atoms with Gasteiger partial charge in [-0.25, -0.2) is 13.6 Å². The van der Waals surface area contributed by atoms with E-state index in [0.29, 0.717) is 6.07 Å². The van der Waals surface area contributed by atoms with Crippen molar-refractivity contribution in [3.8, 4) is 0 Å². The quantitative estimate of drug-likeness (QED) is 0.478. The third-order valence-corrected chi connectivity index (χ3v) is 4.51. The second-order valence-electron chi connectivity index (χ2n) is 6.04.